The maximum atomic E-state index is 12.2. The predicted molar refractivity (Wildman–Crippen MR) is 67.1 cm³/mol. The minimum atomic E-state index is -1.10. The zero-order valence-corrected chi connectivity index (χ0v) is 10.7. The van der Waals surface area contributed by atoms with Gasteiger partial charge >= 0.3 is 5.97 Å². The van der Waals surface area contributed by atoms with Crippen molar-refractivity contribution in [2.24, 2.45) is 0 Å². The van der Waals surface area contributed by atoms with Crippen LogP contribution < -0.4 is 0 Å². The second-order valence-electron chi connectivity index (χ2n) is 4.50. The Balaban J connectivity index is 2.07. The van der Waals surface area contributed by atoms with E-state index >= 15 is 0 Å². The first-order valence-electron chi connectivity index (χ1n) is 6.14. The zero-order chi connectivity index (χ0) is 13.8. The van der Waals surface area contributed by atoms with E-state index in [1.165, 1.54) is 18.3 Å². The van der Waals surface area contributed by atoms with Crippen molar-refractivity contribution in [3.05, 3.63) is 29.6 Å². The predicted octanol–water partition coefficient (Wildman–Crippen LogP) is 1.03. The van der Waals surface area contributed by atoms with Crippen molar-refractivity contribution in [3.63, 3.8) is 0 Å². The summed E-state index contributed by atoms with van der Waals surface area (Å²) in [6.07, 6.45) is 2.95. The second-order valence-corrected chi connectivity index (χ2v) is 4.50. The SMILES string of the molecule is CN(C(=O)c1ccc(C(=O)O)nc1)C1CCOCC1. The van der Waals surface area contributed by atoms with Crippen LogP contribution >= 0.6 is 0 Å². The first-order chi connectivity index (χ1) is 9.09. The number of rotatable bonds is 3. The molecule has 0 unspecified atom stereocenters. The van der Waals surface area contributed by atoms with E-state index in [0.29, 0.717) is 18.8 Å². The van der Waals surface area contributed by atoms with Crippen molar-refractivity contribution < 1.29 is 19.4 Å². The minimum absolute atomic E-state index is 0.0646. The fourth-order valence-electron chi connectivity index (χ4n) is 2.09. The smallest absolute Gasteiger partial charge is 0.354 e. The van der Waals surface area contributed by atoms with Crippen LogP contribution in [0.2, 0.25) is 0 Å². The van der Waals surface area contributed by atoms with E-state index in [4.69, 9.17) is 9.84 Å². The highest BCUT2D eigenvalue weighted by Crippen LogP contribution is 2.15. The number of pyridine rings is 1. The summed E-state index contributed by atoms with van der Waals surface area (Å²) in [4.78, 5) is 28.3. The van der Waals surface area contributed by atoms with Crippen molar-refractivity contribution in [3.8, 4) is 0 Å². The number of ether oxygens (including phenoxy) is 1. The molecule has 1 fully saturated rings. The molecule has 2 heterocycles. The third-order valence-electron chi connectivity index (χ3n) is 3.29. The third-order valence-corrected chi connectivity index (χ3v) is 3.29. The number of carboxylic acids is 1. The number of hydrogen-bond donors (Lipinski definition) is 1. The highest BCUT2D eigenvalue weighted by Gasteiger charge is 2.23. The largest absolute Gasteiger partial charge is 0.477 e. The molecule has 0 aliphatic carbocycles. The molecule has 1 aliphatic rings. The van der Waals surface area contributed by atoms with Gasteiger partial charge in [-0.2, -0.15) is 0 Å². The molecule has 0 aromatic carbocycles. The van der Waals surface area contributed by atoms with Gasteiger partial charge in [-0.05, 0) is 25.0 Å². The third kappa shape index (κ3) is 3.08. The van der Waals surface area contributed by atoms with Gasteiger partial charge in [-0.25, -0.2) is 9.78 Å². The van der Waals surface area contributed by atoms with Gasteiger partial charge in [-0.3, -0.25) is 4.79 Å². The van der Waals surface area contributed by atoms with Crippen molar-refractivity contribution >= 4 is 11.9 Å². The van der Waals surface area contributed by atoms with Gasteiger partial charge in [0.25, 0.3) is 5.91 Å². The molecule has 1 amide bonds. The Kier molecular flexibility index (Phi) is 4.11. The van der Waals surface area contributed by atoms with Crippen molar-refractivity contribution in [1.29, 1.82) is 0 Å². The number of carbonyl (C=O) groups excluding carboxylic acids is 1. The molecule has 0 saturated carbocycles. The van der Waals surface area contributed by atoms with Gasteiger partial charge in [0.1, 0.15) is 5.69 Å². The molecule has 19 heavy (non-hydrogen) atoms. The lowest BCUT2D eigenvalue weighted by Crippen LogP contribution is -2.40. The number of aromatic nitrogens is 1. The van der Waals surface area contributed by atoms with Gasteiger partial charge < -0.3 is 14.7 Å². The van der Waals surface area contributed by atoms with Crippen LogP contribution in [0.1, 0.15) is 33.7 Å². The van der Waals surface area contributed by atoms with Crippen LogP contribution in [-0.2, 0) is 4.74 Å². The highest BCUT2D eigenvalue weighted by molar-refractivity contribution is 5.94. The molecule has 2 rings (SSSR count). The van der Waals surface area contributed by atoms with Crippen LogP contribution in [0.4, 0.5) is 0 Å². The van der Waals surface area contributed by atoms with E-state index in [-0.39, 0.29) is 17.6 Å². The number of amides is 1. The maximum absolute atomic E-state index is 12.2. The molecular formula is C13H16N2O4. The van der Waals surface area contributed by atoms with Gasteiger partial charge in [0.15, 0.2) is 0 Å². The van der Waals surface area contributed by atoms with Crippen molar-refractivity contribution in [2.75, 3.05) is 20.3 Å². The Morgan fingerprint density at radius 3 is 2.58 bits per heavy atom. The molecule has 6 nitrogen and oxygen atoms in total. The van der Waals surface area contributed by atoms with E-state index in [1.807, 2.05) is 0 Å². The molecule has 6 heteroatoms. The van der Waals surface area contributed by atoms with Crippen LogP contribution in [0.5, 0.6) is 0 Å². The van der Waals surface area contributed by atoms with Gasteiger partial charge in [0.2, 0.25) is 0 Å². The summed E-state index contributed by atoms with van der Waals surface area (Å²) < 4.78 is 5.26. The lowest BCUT2D eigenvalue weighted by Gasteiger charge is -2.31. The molecular weight excluding hydrogens is 248 g/mol. The van der Waals surface area contributed by atoms with E-state index in [1.54, 1.807) is 11.9 Å². The lowest BCUT2D eigenvalue weighted by atomic mass is 10.1. The van der Waals surface area contributed by atoms with Gasteiger partial charge in [0.05, 0.1) is 5.56 Å². The Bertz CT molecular complexity index is 466. The minimum Gasteiger partial charge on any atom is -0.477 e. The van der Waals surface area contributed by atoms with Gasteiger partial charge in [-0.15, -0.1) is 0 Å². The first-order valence-corrected chi connectivity index (χ1v) is 6.14. The number of nitrogens with zero attached hydrogens (tertiary/aromatic N) is 2. The average molecular weight is 264 g/mol. The number of carboxylic acid groups (broad SMARTS) is 1. The van der Waals surface area contributed by atoms with Crippen LogP contribution in [-0.4, -0.2) is 53.2 Å². The second kappa shape index (κ2) is 5.79. The Labute approximate surface area is 111 Å². The summed E-state index contributed by atoms with van der Waals surface area (Å²) in [5.41, 5.74) is 0.337. The summed E-state index contributed by atoms with van der Waals surface area (Å²) in [6.45, 7) is 1.33. The fraction of sp³-hybridized carbons (Fsp3) is 0.462. The molecule has 0 spiro atoms. The highest BCUT2D eigenvalue weighted by atomic mass is 16.5. The fourth-order valence-corrected chi connectivity index (χ4v) is 2.09. The van der Waals surface area contributed by atoms with Crippen LogP contribution in [0.15, 0.2) is 18.3 Å². The normalized spacial score (nSPS) is 16.1. The number of carbonyl (C=O) groups is 2. The molecule has 1 aromatic rings. The molecule has 1 N–H and O–H groups in total. The summed E-state index contributed by atoms with van der Waals surface area (Å²) >= 11 is 0. The molecule has 1 aromatic heterocycles. The molecule has 0 radical (unpaired) electrons. The quantitative estimate of drug-likeness (QED) is 0.882. The Hall–Kier alpha value is -1.95. The molecule has 0 atom stereocenters. The van der Waals surface area contributed by atoms with Gasteiger partial charge in [0, 0.05) is 32.5 Å². The monoisotopic (exact) mass is 264 g/mol. The average Bonchev–Trinajstić information content (AvgIpc) is 2.46. The van der Waals surface area contributed by atoms with Crippen molar-refractivity contribution in [1.82, 2.24) is 9.88 Å². The van der Waals surface area contributed by atoms with Gasteiger partial charge in [-0.1, -0.05) is 0 Å². The summed E-state index contributed by atoms with van der Waals surface area (Å²) in [5.74, 6) is -1.24. The molecule has 1 saturated heterocycles. The summed E-state index contributed by atoms with van der Waals surface area (Å²) in [6, 6.07) is 3.00. The van der Waals surface area contributed by atoms with Crippen molar-refractivity contribution in [2.45, 2.75) is 18.9 Å². The van der Waals surface area contributed by atoms with Crippen LogP contribution in [0.3, 0.4) is 0 Å². The van der Waals surface area contributed by atoms with E-state index in [0.717, 1.165) is 12.8 Å². The van der Waals surface area contributed by atoms with E-state index < -0.39 is 5.97 Å². The van der Waals surface area contributed by atoms with Crippen LogP contribution in [0.25, 0.3) is 0 Å². The summed E-state index contributed by atoms with van der Waals surface area (Å²) in [5, 5.41) is 8.76. The molecule has 0 bridgehead atoms. The molecule has 1 aliphatic heterocycles. The van der Waals surface area contributed by atoms with Crippen LogP contribution in [0, 0.1) is 0 Å². The maximum Gasteiger partial charge on any atom is 0.354 e. The number of hydrogen-bond acceptors (Lipinski definition) is 4. The Morgan fingerprint density at radius 2 is 2.05 bits per heavy atom. The first kappa shape index (κ1) is 13.5. The topological polar surface area (TPSA) is 79.7 Å². The lowest BCUT2D eigenvalue weighted by molar-refractivity contribution is 0.0361. The Morgan fingerprint density at radius 1 is 1.37 bits per heavy atom. The molecule has 102 valence electrons. The summed E-state index contributed by atoms with van der Waals surface area (Å²) in [7, 11) is 1.75. The standard InChI is InChI=1S/C13H16N2O4/c1-15(10-4-6-19-7-5-10)12(16)9-2-3-11(13(17)18)14-8-9/h2-3,8,10H,4-7H2,1H3,(H,17,18). The number of aromatic carboxylic acids is 1. The zero-order valence-electron chi connectivity index (χ0n) is 10.7. The van der Waals surface area contributed by atoms with E-state index in [2.05, 4.69) is 4.98 Å². The van der Waals surface area contributed by atoms with E-state index in [9.17, 15) is 9.59 Å².